The van der Waals surface area contributed by atoms with Crippen LogP contribution in [0, 0.1) is 6.92 Å². The molecule has 0 heterocycles. The molecule has 5 nitrogen and oxygen atoms in total. The van der Waals surface area contributed by atoms with E-state index < -0.39 is 18.5 Å². The van der Waals surface area contributed by atoms with Gasteiger partial charge in [0.15, 0.2) is 13.2 Å². The Hall–Kier alpha value is -3.31. The summed E-state index contributed by atoms with van der Waals surface area (Å²) in [6.07, 6.45) is 0. The molecule has 3 aromatic carbocycles. The molecule has 6 heteroatoms. The van der Waals surface area contributed by atoms with Crippen LogP contribution in [0.25, 0.3) is 0 Å². The molecule has 0 aliphatic heterocycles. The van der Waals surface area contributed by atoms with E-state index in [0.29, 0.717) is 10.8 Å². The van der Waals surface area contributed by atoms with Crippen LogP contribution in [0.4, 0.5) is 0 Å². The summed E-state index contributed by atoms with van der Waals surface area (Å²) in [5.41, 5.74) is 2.71. The summed E-state index contributed by atoms with van der Waals surface area (Å²) in [4.78, 5) is 24.4. The fourth-order valence-corrected chi connectivity index (χ4v) is 3.01. The van der Waals surface area contributed by atoms with Gasteiger partial charge in [0.05, 0.1) is 6.04 Å². The summed E-state index contributed by atoms with van der Waals surface area (Å²) in [6, 6.07) is 24.0. The summed E-state index contributed by atoms with van der Waals surface area (Å²) in [6.45, 7) is 1.15. The zero-order valence-corrected chi connectivity index (χ0v) is 17.3. The van der Waals surface area contributed by atoms with E-state index in [1.54, 1.807) is 18.2 Å². The van der Waals surface area contributed by atoms with Crippen LogP contribution in [0.5, 0.6) is 5.75 Å². The second-order valence-electron chi connectivity index (χ2n) is 6.68. The van der Waals surface area contributed by atoms with Crippen molar-refractivity contribution < 1.29 is 19.1 Å². The van der Waals surface area contributed by atoms with E-state index >= 15 is 0 Å². The molecule has 0 saturated carbocycles. The van der Waals surface area contributed by atoms with Gasteiger partial charge in [-0.3, -0.25) is 4.79 Å². The predicted molar refractivity (Wildman–Crippen MR) is 116 cm³/mol. The Kier molecular flexibility index (Phi) is 7.46. The highest BCUT2D eigenvalue weighted by Crippen LogP contribution is 2.22. The third kappa shape index (κ3) is 6.09. The van der Waals surface area contributed by atoms with Crippen molar-refractivity contribution in [2.24, 2.45) is 0 Å². The second-order valence-corrected chi connectivity index (χ2v) is 7.09. The highest BCUT2D eigenvalue weighted by Gasteiger charge is 2.17. The molecule has 0 aromatic heterocycles. The van der Waals surface area contributed by atoms with Crippen molar-refractivity contribution in [2.75, 3.05) is 13.2 Å². The topological polar surface area (TPSA) is 64.6 Å². The van der Waals surface area contributed by atoms with Gasteiger partial charge in [-0.25, -0.2) is 4.79 Å². The van der Waals surface area contributed by atoms with E-state index in [9.17, 15) is 9.59 Å². The molecule has 0 atom stereocenters. The molecule has 3 aromatic rings. The van der Waals surface area contributed by atoms with Gasteiger partial charge < -0.3 is 14.8 Å². The lowest BCUT2D eigenvalue weighted by Crippen LogP contribution is -2.33. The van der Waals surface area contributed by atoms with Crippen LogP contribution in [-0.4, -0.2) is 25.1 Å². The molecule has 0 spiro atoms. The lowest BCUT2D eigenvalue weighted by molar-refractivity contribution is -0.150. The number of rotatable bonds is 8. The van der Waals surface area contributed by atoms with Crippen LogP contribution < -0.4 is 10.1 Å². The minimum Gasteiger partial charge on any atom is -0.482 e. The third-order valence-corrected chi connectivity index (χ3v) is 4.85. The van der Waals surface area contributed by atoms with Crippen molar-refractivity contribution >= 4 is 23.5 Å². The monoisotopic (exact) mass is 423 g/mol. The van der Waals surface area contributed by atoms with Crippen molar-refractivity contribution in [2.45, 2.75) is 13.0 Å². The maximum atomic E-state index is 12.4. The number of nitrogens with one attached hydrogen (secondary N) is 1. The zero-order chi connectivity index (χ0) is 21.3. The quantitative estimate of drug-likeness (QED) is 0.543. The molecule has 0 unspecified atom stereocenters. The highest BCUT2D eigenvalue weighted by molar-refractivity contribution is 6.31. The van der Waals surface area contributed by atoms with E-state index in [2.05, 4.69) is 5.32 Å². The first kappa shape index (κ1) is 21.4. The van der Waals surface area contributed by atoms with E-state index in [0.717, 1.165) is 16.7 Å². The maximum absolute atomic E-state index is 12.4. The van der Waals surface area contributed by atoms with Crippen molar-refractivity contribution in [3.05, 3.63) is 101 Å². The van der Waals surface area contributed by atoms with Gasteiger partial charge in [-0.2, -0.15) is 0 Å². The number of hydrogen-bond acceptors (Lipinski definition) is 4. The molecular formula is C24H22ClNO4. The first-order valence-electron chi connectivity index (χ1n) is 9.47. The molecule has 0 radical (unpaired) electrons. The van der Waals surface area contributed by atoms with E-state index in [4.69, 9.17) is 21.1 Å². The third-order valence-electron chi connectivity index (χ3n) is 4.42. The van der Waals surface area contributed by atoms with Gasteiger partial charge in [0.25, 0.3) is 5.91 Å². The lowest BCUT2D eigenvalue weighted by Gasteiger charge is -2.20. The predicted octanol–water partition coefficient (Wildman–Crippen LogP) is 4.48. The molecule has 154 valence electrons. The Morgan fingerprint density at radius 1 is 0.900 bits per heavy atom. The van der Waals surface area contributed by atoms with Gasteiger partial charge >= 0.3 is 5.97 Å². The molecule has 1 amide bonds. The standard InChI is InChI=1S/C24H22ClNO4/c1-17-14-20(12-13-21(17)25)29-16-23(28)30-15-22(27)26-24(18-8-4-2-5-9-18)19-10-6-3-7-11-19/h2-14,24H,15-16H2,1H3,(H,26,27). The molecule has 0 bridgehead atoms. The number of halogens is 1. The molecule has 30 heavy (non-hydrogen) atoms. The summed E-state index contributed by atoms with van der Waals surface area (Å²) in [5.74, 6) is -0.524. The summed E-state index contributed by atoms with van der Waals surface area (Å²) >= 11 is 5.97. The molecule has 0 fully saturated rings. The number of carbonyl (C=O) groups excluding carboxylic acids is 2. The van der Waals surface area contributed by atoms with Crippen LogP contribution >= 0.6 is 11.6 Å². The van der Waals surface area contributed by atoms with Crippen LogP contribution in [0.3, 0.4) is 0 Å². The Morgan fingerprint density at radius 2 is 1.50 bits per heavy atom. The van der Waals surface area contributed by atoms with Gasteiger partial charge in [-0.15, -0.1) is 0 Å². The summed E-state index contributed by atoms with van der Waals surface area (Å²) in [5, 5.41) is 3.54. The van der Waals surface area contributed by atoms with Crippen LogP contribution in [0.1, 0.15) is 22.7 Å². The van der Waals surface area contributed by atoms with Crippen LogP contribution in [0.2, 0.25) is 5.02 Å². The van der Waals surface area contributed by atoms with E-state index in [1.165, 1.54) is 0 Å². The van der Waals surface area contributed by atoms with Crippen molar-refractivity contribution in [3.63, 3.8) is 0 Å². The van der Waals surface area contributed by atoms with Crippen molar-refractivity contribution in [1.82, 2.24) is 5.32 Å². The Labute approximate surface area is 180 Å². The highest BCUT2D eigenvalue weighted by atomic mass is 35.5. The largest absolute Gasteiger partial charge is 0.482 e. The van der Waals surface area contributed by atoms with Crippen molar-refractivity contribution in [3.8, 4) is 5.75 Å². The number of hydrogen-bond donors (Lipinski definition) is 1. The minimum absolute atomic E-state index is 0.296. The average Bonchev–Trinajstić information content (AvgIpc) is 2.78. The lowest BCUT2D eigenvalue weighted by atomic mass is 9.99. The molecule has 1 N–H and O–H groups in total. The second kappa shape index (κ2) is 10.5. The van der Waals surface area contributed by atoms with E-state index in [1.807, 2.05) is 67.6 Å². The SMILES string of the molecule is Cc1cc(OCC(=O)OCC(=O)NC(c2ccccc2)c2ccccc2)ccc1Cl. The van der Waals surface area contributed by atoms with E-state index in [-0.39, 0.29) is 12.6 Å². The number of esters is 1. The Balaban J connectivity index is 1.54. The first-order valence-corrected chi connectivity index (χ1v) is 9.84. The first-order chi connectivity index (χ1) is 14.5. The van der Waals surface area contributed by atoms with Gasteiger partial charge in [-0.1, -0.05) is 72.3 Å². The molecule has 0 aliphatic carbocycles. The normalized spacial score (nSPS) is 10.5. The number of ether oxygens (including phenoxy) is 2. The van der Waals surface area contributed by atoms with Crippen molar-refractivity contribution in [1.29, 1.82) is 0 Å². The summed E-state index contributed by atoms with van der Waals surface area (Å²) in [7, 11) is 0. The molecular weight excluding hydrogens is 402 g/mol. The number of amides is 1. The summed E-state index contributed by atoms with van der Waals surface area (Å²) < 4.78 is 10.4. The molecule has 0 saturated heterocycles. The fraction of sp³-hybridized carbons (Fsp3) is 0.167. The number of carbonyl (C=O) groups is 2. The maximum Gasteiger partial charge on any atom is 0.344 e. The van der Waals surface area contributed by atoms with Crippen LogP contribution in [0.15, 0.2) is 78.9 Å². The Bertz CT molecular complexity index is 953. The van der Waals surface area contributed by atoms with Gasteiger partial charge in [0, 0.05) is 5.02 Å². The van der Waals surface area contributed by atoms with Gasteiger partial charge in [0.1, 0.15) is 5.75 Å². The average molecular weight is 424 g/mol. The number of aryl methyl sites for hydroxylation is 1. The molecule has 0 aliphatic rings. The number of benzene rings is 3. The Morgan fingerprint density at radius 3 is 2.07 bits per heavy atom. The van der Waals surface area contributed by atoms with Crippen LogP contribution in [-0.2, 0) is 14.3 Å². The van der Waals surface area contributed by atoms with Gasteiger partial charge in [-0.05, 0) is 41.8 Å². The smallest absolute Gasteiger partial charge is 0.344 e. The molecule has 3 rings (SSSR count). The zero-order valence-electron chi connectivity index (χ0n) is 16.5. The minimum atomic E-state index is -0.631. The van der Waals surface area contributed by atoms with Gasteiger partial charge in [0.2, 0.25) is 0 Å². The fourth-order valence-electron chi connectivity index (χ4n) is 2.89.